The van der Waals surface area contributed by atoms with Gasteiger partial charge >= 0.3 is 0 Å². The summed E-state index contributed by atoms with van der Waals surface area (Å²) in [7, 11) is 0. The molecule has 0 N–H and O–H groups in total. The van der Waals surface area contributed by atoms with E-state index < -0.39 is 0 Å². The predicted octanol–water partition coefficient (Wildman–Crippen LogP) is 4.16. The molecular weight excluding hydrogens is 282 g/mol. The zero-order valence-corrected chi connectivity index (χ0v) is 15.2. The van der Waals surface area contributed by atoms with Gasteiger partial charge in [-0.1, -0.05) is 33.1 Å². The van der Waals surface area contributed by atoms with Crippen LogP contribution in [-0.2, 0) is 13.1 Å². The number of hydrogen-bond donors (Lipinski definition) is 0. The Kier molecular flexibility index (Phi) is 8.13. The van der Waals surface area contributed by atoms with Gasteiger partial charge in [-0.05, 0) is 31.8 Å². The fraction of sp³-hybridized carbons (Fsp3) is 0.700. The van der Waals surface area contributed by atoms with Crippen molar-refractivity contribution in [3.05, 3.63) is 31.0 Å². The second kappa shape index (κ2) is 10.4. The fourth-order valence-electron chi connectivity index (χ4n) is 3.14. The van der Waals surface area contributed by atoms with Crippen molar-refractivity contribution < 1.29 is 9.14 Å². The monoisotopic (exact) mass is 317 g/mol. The summed E-state index contributed by atoms with van der Waals surface area (Å²) in [6.45, 7) is 8.00. The van der Waals surface area contributed by atoms with Crippen LogP contribution in [0.15, 0.2) is 31.0 Å². The molecule has 1 aliphatic heterocycles. The minimum atomic E-state index is 0.688. The lowest BCUT2D eigenvalue weighted by molar-refractivity contribution is -0.697. The minimum Gasteiger partial charge on any atom is -0.237 e. The van der Waals surface area contributed by atoms with Gasteiger partial charge in [0.25, 0.3) is 0 Å². The molecule has 128 valence electrons. The van der Waals surface area contributed by atoms with E-state index in [1.807, 2.05) is 0 Å². The molecule has 0 saturated carbocycles. The summed E-state index contributed by atoms with van der Waals surface area (Å²) in [6.07, 6.45) is 24.1. The number of nitrogens with zero attached hydrogens (tertiary/aromatic N) is 3. The molecule has 0 spiro atoms. The molecular formula is C20H35N3+2. The summed E-state index contributed by atoms with van der Waals surface area (Å²) in [6, 6.07) is 0. The summed E-state index contributed by atoms with van der Waals surface area (Å²) in [5, 5.41) is 0. The topological polar surface area (TPSA) is 11.8 Å². The molecule has 2 rings (SSSR count). The Morgan fingerprint density at radius 2 is 1.78 bits per heavy atom. The Morgan fingerprint density at radius 3 is 2.61 bits per heavy atom. The van der Waals surface area contributed by atoms with Gasteiger partial charge in [-0.3, -0.25) is 0 Å². The van der Waals surface area contributed by atoms with Crippen molar-refractivity contribution in [2.75, 3.05) is 6.54 Å². The van der Waals surface area contributed by atoms with Gasteiger partial charge in [0.2, 0.25) is 6.33 Å². The van der Waals surface area contributed by atoms with Crippen LogP contribution in [0.3, 0.4) is 0 Å². The van der Waals surface area contributed by atoms with Crippen LogP contribution in [0, 0.1) is 5.92 Å². The minimum absolute atomic E-state index is 0.688. The third kappa shape index (κ3) is 6.72. The molecule has 0 amide bonds. The zero-order chi connectivity index (χ0) is 16.3. The Hall–Kier alpha value is -1.38. The molecule has 3 heteroatoms. The Morgan fingerprint density at radius 1 is 0.957 bits per heavy atom. The van der Waals surface area contributed by atoms with Crippen molar-refractivity contribution in [2.24, 2.45) is 5.92 Å². The standard InChI is InChI=1S/C20H35N3/c1-3-5-10-20-11-15-21(18-20)13-8-7-9-14-23-17-16-22(19-23)12-6-4-2/h11,15-20H,3-10,12-14H2,1-2H3/q+2. The largest absolute Gasteiger partial charge is 0.243 e. The lowest BCUT2D eigenvalue weighted by atomic mass is 10.1. The average molecular weight is 318 g/mol. The zero-order valence-electron chi connectivity index (χ0n) is 15.2. The molecule has 23 heavy (non-hydrogen) atoms. The average Bonchev–Trinajstić information content (AvgIpc) is 3.20. The first-order valence-electron chi connectivity index (χ1n) is 9.65. The third-order valence-corrected chi connectivity index (χ3v) is 4.65. The van der Waals surface area contributed by atoms with Crippen molar-refractivity contribution in [3.8, 4) is 0 Å². The number of hydrogen-bond acceptors (Lipinski definition) is 0. The van der Waals surface area contributed by atoms with E-state index in [1.165, 1.54) is 57.9 Å². The van der Waals surface area contributed by atoms with E-state index in [9.17, 15) is 0 Å². The van der Waals surface area contributed by atoms with E-state index in [4.69, 9.17) is 0 Å². The second-order valence-corrected chi connectivity index (χ2v) is 6.84. The van der Waals surface area contributed by atoms with E-state index in [0.717, 1.165) is 13.1 Å². The van der Waals surface area contributed by atoms with Gasteiger partial charge in [0, 0.05) is 6.42 Å². The van der Waals surface area contributed by atoms with Crippen molar-refractivity contribution in [1.29, 1.82) is 0 Å². The van der Waals surface area contributed by atoms with Crippen LogP contribution < -0.4 is 4.57 Å². The highest BCUT2D eigenvalue weighted by Crippen LogP contribution is 2.12. The Bertz CT molecular complexity index is 499. The molecule has 1 aliphatic rings. The molecule has 0 aliphatic carbocycles. The van der Waals surface area contributed by atoms with E-state index in [0.29, 0.717) is 5.92 Å². The maximum absolute atomic E-state index is 2.41. The van der Waals surface area contributed by atoms with Crippen molar-refractivity contribution in [1.82, 2.24) is 4.57 Å². The van der Waals surface area contributed by atoms with Gasteiger partial charge in [-0.15, -0.1) is 0 Å². The van der Waals surface area contributed by atoms with Gasteiger partial charge in [0.05, 0.1) is 19.0 Å². The van der Waals surface area contributed by atoms with E-state index in [1.54, 1.807) is 0 Å². The van der Waals surface area contributed by atoms with Gasteiger partial charge in [0.15, 0.2) is 12.4 Å². The van der Waals surface area contributed by atoms with E-state index in [2.05, 4.69) is 64.8 Å². The first-order valence-corrected chi connectivity index (χ1v) is 9.65. The van der Waals surface area contributed by atoms with Gasteiger partial charge in [-0.25, -0.2) is 13.7 Å². The van der Waals surface area contributed by atoms with Crippen LogP contribution >= 0.6 is 0 Å². The van der Waals surface area contributed by atoms with Crippen LogP contribution in [0.1, 0.15) is 65.2 Å². The van der Waals surface area contributed by atoms with Gasteiger partial charge < -0.3 is 0 Å². The smallest absolute Gasteiger partial charge is 0.237 e. The van der Waals surface area contributed by atoms with Crippen LogP contribution in [0.25, 0.3) is 0 Å². The molecule has 0 radical (unpaired) electrons. The fourth-order valence-corrected chi connectivity index (χ4v) is 3.14. The Labute approximate surface area is 142 Å². The predicted molar refractivity (Wildman–Crippen MR) is 96.7 cm³/mol. The summed E-state index contributed by atoms with van der Waals surface area (Å²) in [5.74, 6) is 0.688. The first-order chi connectivity index (χ1) is 11.3. The van der Waals surface area contributed by atoms with E-state index in [-0.39, 0.29) is 0 Å². The molecule has 3 nitrogen and oxygen atoms in total. The lowest BCUT2D eigenvalue weighted by Gasteiger charge is -1.99. The molecule has 0 saturated heterocycles. The van der Waals surface area contributed by atoms with Crippen molar-refractivity contribution in [2.45, 2.75) is 78.3 Å². The quantitative estimate of drug-likeness (QED) is 0.405. The highest BCUT2D eigenvalue weighted by molar-refractivity contribution is 5.60. The molecule has 1 atom stereocenters. The van der Waals surface area contributed by atoms with Crippen LogP contribution in [-0.4, -0.2) is 21.9 Å². The number of aryl methyl sites for hydroxylation is 2. The molecule has 0 bridgehead atoms. The van der Waals surface area contributed by atoms with Gasteiger partial charge in [-0.2, -0.15) is 0 Å². The SMILES string of the molecule is CCCCC1C=C[N+](CCCCC[n+]2ccn(CCCC)c2)=C1. The van der Waals surface area contributed by atoms with E-state index >= 15 is 0 Å². The van der Waals surface area contributed by atoms with Crippen molar-refractivity contribution >= 4 is 6.21 Å². The van der Waals surface area contributed by atoms with Crippen LogP contribution in [0.5, 0.6) is 0 Å². The third-order valence-electron chi connectivity index (χ3n) is 4.65. The molecule has 1 unspecified atom stereocenters. The molecule has 1 aromatic heterocycles. The summed E-state index contributed by atoms with van der Waals surface area (Å²) >= 11 is 0. The molecule has 2 heterocycles. The normalized spacial score (nSPS) is 17.0. The number of allylic oxidation sites excluding steroid dienone is 1. The number of aromatic nitrogens is 2. The van der Waals surface area contributed by atoms with Crippen LogP contribution in [0.2, 0.25) is 0 Å². The summed E-state index contributed by atoms with van der Waals surface area (Å²) in [4.78, 5) is 0. The van der Waals surface area contributed by atoms with Gasteiger partial charge in [0.1, 0.15) is 18.9 Å². The molecule has 0 fully saturated rings. The van der Waals surface area contributed by atoms with Crippen molar-refractivity contribution in [3.63, 3.8) is 0 Å². The van der Waals surface area contributed by atoms with Crippen LogP contribution in [0.4, 0.5) is 0 Å². The first kappa shape index (κ1) is 18.0. The number of unbranched alkanes of at least 4 members (excludes halogenated alkanes) is 4. The Balaban J connectivity index is 1.56. The highest BCUT2D eigenvalue weighted by Gasteiger charge is 2.15. The lowest BCUT2D eigenvalue weighted by Crippen LogP contribution is -2.31. The summed E-state index contributed by atoms with van der Waals surface area (Å²) < 4.78 is 7.04. The molecule has 1 aromatic rings. The second-order valence-electron chi connectivity index (χ2n) is 6.84. The number of rotatable bonds is 12. The number of imidazole rings is 1. The summed E-state index contributed by atoms with van der Waals surface area (Å²) in [5.41, 5.74) is 0. The molecule has 0 aromatic carbocycles. The maximum Gasteiger partial charge on any atom is 0.243 e. The maximum atomic E-state index is 2.41. The highest BCUT2D eigenvalue weighted by atomic mass is 15.1.